The van der Waals surface area contributed by atoms with Gasteiger partial charge in [-0.05, 0) is 45.2 Å². The highest BCUT2D eigenvalue weighted by molar-refractivity contribution is 6.05. The first-order chi connectivity index (χ1) is 14.6. The molecule has 2 saturated heterocycles. The molecule has 3 unspecified atom stereocenters. The van der Waals surface area contributed by atoms with Gasteiger partial charge >= 0.3 is 0 Å². The molecule has 0 saturated carbocycles. The number of carbonyl (C=O) groups is 2. The minimum absolute atomic E-state index is 0. The Morgan fingerprint density at radius 2 is 1.61 bits per heavy atom. The molecule has 2 amide bonds. The number of hydrogen-bond donors (Lipinski definition) is 0. The van der Waals surface area contributed by atoms with Crippen molar-refractivity contribution in [3.8, 4) is 5.75 Å². The van der Waals surface area contributed by atoms with Crippen LogP contribution in [0.4, 0.5) is 5.69 Å². The first kappa shape index (κ1) is 23.6. The molecule has 31 heavy (non-hydrogen) atoms. The first-order valence-electron chi connectivity index (χ1n) is 11.3. The number of para-hydroxylation sites is 2. The normalized spacial score (nSPS) is 24.7. The summed E-state index contributed by atoms with van der Waals surface area (Å²) in [6.07, 6.45) is 6.35. The Bertz CT molecular complexity index is 781. The predicted molar refractivity (Wildman–Crippen MR) is 125 cm³/mol. The summed E-state index contributed by atoms with van der Waals surface area (Å²) in [5, 5.41) is 0. The summed E-state index contributed by atoms with van der Waals surface area (Å²) >= 11 is 0. The second-order valence-corrected chi connectivity index (χ2v) is 8.55. The molecule has 2 aliphatic heterocycles. The van der Waals surface area contributed by atoms with Crippen LogP contribution in [0.25, 0.3) is 0 Å². The van der Waals surface area contributed by atoms with Gasteiger partial charge in [0.2, 0.25) is 11.8 Å². The summed E-state index contributed by atoms with van der Waals surface area (Å²) in [5.74, 6) is 0.792. The summed E-state index contributed by atoms with van der Waals surface area (Å²) in [5.41, 5.74) is 1.16. The van der Waals surface area contributed by atoms with Gasteiger partial charge < -0.3 is 9.64 Å². The molecule has 0 bridgehead atoms. The van der Waals surface area contributed by atoms with Crippen LogP contribution in [0.1, 0.15) is 33.1 Å². The maximum absolute atomic E-state index is 12.7. The van der Waals surface area contributed by atoms with Gasteiger partial charge in [0, 0.05) is 38.8 Å². The van der Waals surface area contributed by atoms with E-state index in [-0.39, 0.29) is 36.1 Å². The maximum Gasteiger partial charge on any atom is 0.233 e. The van der Waals surface area contributed by atoms with Gasteiger partial charge in [-0.3, -0.25) is 19.4 Å². The number of hydrogen-bond acceptors (Lipinski definition) is 5. The molecule has 1 aromatic carbocycles. The van der Waals surface area contributed by atoms with Gasteiger partial charge in [0.05, 0.1) is 24.1 Å². The molecular formula is C24H34ClN3O3. The van der Waals surface area contributed by atoms with E-state index in [1.54, 1.807) is 0 Å². The molecule has 0 aromatic heterocycles. The van der Waals surface area contributed by atoms with Gasteiger partial charge in [0.25, 0.3) is 0 Å². The first-order valence-corrected chi connectivity index (χ1v) is 11.3. The van der Waals surface area contributed by atoms with E-state index in [2.05, 4.69) is 28.9 Å². The van der Waals surface area contributed by atoms with Crippen molar-refractivity contribution in [2.45, 2.75) is 39.2 Å². The molecule has 3 atom stereocenters. The molecule has 0 radical (unpaired) electrons. The van der Waals surface area contributed by atoms with Crippen molar-refractivity contribution in [1.29, 1.82) is 0 Å². The third-order valence-electron chi connectivity index (χ3n) is 6.81. The number of amides is 2. The van der Waals surface area contributed by atoms with Crippen LogP contribution in [0, 0.1) is 11.8 Å². The maximum atomic E-state index is 12.7. The van der Waals surface area contributed by atoms with Crippen molar-refractivity contribution >= 4 is 29.9 Å². The highest BCUT2D eigenvalue weighted by Gasteiger charge is 2.46. The molecule has 3 aliphatic rings. The highest BCUT2D eigenvalue weighted by Crippen LogP contribution is 2.35. The van der Waals surface area contributed by atoms with E-state index in [1.165, 1.54) is 4.90 Å². The molecular weight excluding hydrogens is 414 g/mol. The minimum atomic E-state index is -0.119. The topological polar surface area (TPSA) is 53.1 Å². The Balaban J connectivity index is 0.00000272. The zero-order chi connectivity index (χ0) is 21.1. The number of anilines is 1. The minimum Gasteiger partial charge on any atom is -0.492 e. The lowest BCUT2D eigenvalue weighted by Crippen LogP contribution is -2.50. The lowest BCUT2D eigenvalue weighted by molar-refractivity contribution is -0.140. The van der Waals surface area contributed by atoms with Crippen LogP contribution in [0.2, 0.25) is 0 Å². The molecule has 4 rings (SSSR count). The van der Waals surface area contributed by atoms with Gasteiger partial charge in [-0.1, -0.05) is 24.3 Å². The van der Waals surface area contributed by atoms with Crippen molar-refractivity contribution in [3.63, 3.8) is 0 Å². The van der Waals surface area contributed by atoms with Gasteiger partial charge in [-0.15, -0.1) is 12.4 Å². The summed E-state index contributed by atoms with van der Waals surface area (Å²) in [7, 11) is 0. The van der Waals surface area contributed by atoms with Gasteiger partial charge in [-0.25, -0.2) is 0 Å². The van der Waals surface area contributed by atoms with Crippen molar-refractivity contribution in [1.82, 2.24) is 9.80 Å². The number of nitrogens with zero attached hydrogens (tertiary/aromatic N) is 3. The number of halogens is 1. The number of imide groups is 1. The van der Waals surface area contributed by atoms with Crippen LogP contribution in [0.3, 0.4) is 0 Å². The van der Waals surface area contributed by atoms with Crippen molar-refractivity contribution in [2.24, 2.45) is 11.8 Å². The van der Waals surface area contributed by atoms with Crippen LogP contribution in [-0.4, -0.2) is 67.0 Å². The average molecular weight is 448 g/mol. The van der Waals surface area contributed by atoms with E-state index in [0.717, 1.165) is 44.0 Å². The fraction of sp³-hybridized carbons (Fsp3) is 0.583. The zero-order valence-electron chi connectivity index (χ0n) is 18.5. The monoisotopic (exact) mass is 447 g/mol. The van der Waals surface area contributed by atoms with Gasteiger partial charge in [-0.2, -0.15) is 0 Å². The average Bonchev–Trinajstić information content (AvgIpc) is 3.03. The van der Waals surface area contributed by atoms with Crippen LogP contribution >= 0.6 is 12.4 Å². The van der Waals surface area contributed by atoms with Crippen molar-refractivity contribution in [2.75, 3.05) is 44.2 Å². The number of piperazine rings is 1. The summed E-state index contributed by atoms with van der Waals surface area (Å²) in [4.78, 5) is 31.7. The van der Waals surface area contributed by atoms with Crippen LogP contribution < -0.4 is 9.64 Å². The zero-order valence-corrected chi connectivity index (χ0v) is 19.4. The largest absolute Gasteiger partial charge is 0.492 e. The standard InChI is InChI=1S/C24H33N3O3.ClH/c1-3-30-22-11-7-6-10-21(22)26-16-14-25(15-17-26)18(2)12-13-27-23(28)19-8-4-5-9-20(19)24(27)29;/h4-7,10-11,18-20H,3,8-9,12-17H2,1-2H3;1H. The van der Waals surface area contributed by atoms with E-state index >= 15 is 0 Å². The van der Waals surface area contributed by atoms with E-state index in [1.807, 2.05) is 31.2 Å². The summed E-state index contributed by atoms with van der Waals surface area (Å²) in [6.45, 7) is 9.27. The van der Waals surface area contributed by atoms with Crippen molar-refractivity contribution < 1.29 is 14.3 Å². The van der Waals surface area contributed by atoms with E-state index in [0.29, 0.717) is 32.0 Å². The SMILES string of the molecule is CCOc1ccccc1N1CCN(C(C)CCN2C(=O)C3CC=CCC3C2=O)CC1.Cl. The van der Waals surface area contributed by atoms with E-state index < -0.39 is 0 Å². The number of carbonyl (C=O) groups excluding carboxylic acids is 2. The van der Waals surface area contributed by atoms with Crippen LogP contribution in [-0.2, 0) is 9.59 Å². The lowest BCUT2D eigenvalue weighted by atomic mass is 9.85. The van der Waals surface area contributed by atoms with Crippen LogP contribution in [0.15, 0.2) is 36.4 Å². The summed E-state index contributed by atoms with van der Waals surface area (Å²) in [6, 6.07) is 8.58. The van der Waals surface area contributed by atoms with Crippen LogP contribution in [0.5, 0.6) is 5.75 Å². The number of benzene rings is 1. The number of allylic oxidation sites excluding steroid dienone is 2. The van der Waals surface area contributed by atoms with Gasteiger partial charge in [0.1, 0.15) is 5.75 Å². The fourth-order valence-corrected chi connectivity index (χ4v) is 4.99. The highest BCUT2D eigenvalue weighted by atomic mass is 35.5. The smallest absolute Gasteiger partial charge is 0.233 e. The Labute approximate surface area is 191 Å². The quantitative estimate of drug-likeness (QED) is 0.474. The third kappa shape index (κ3) is 4.90. The number of rotatable bonds is 7. The second kappa shape index (κ2) is 10.5. The van der Waals surface area contributed by atoms with E-state index in [4.69, 9.17) is 4.74 Å². The number of fused-ring (bicyclic) bond motifs is 1. The Morgan fingerprint density at radius 3 is 2.23 bits per heavy atom. The second-order valence-electron chi connectivity index (χ2n) is 8.55. The fourth-order valence-electron chi connectivity index (χ4n) is 4.99. The van der Waals surface area contributed by atoms with E-state index in [9.17, 15) is 9.59 Å². The number of ether oxygens (including phenoxy) is 1. The van der Waals surface area contributed by atoms with Gasteiger partial charge in [0.15, 0.2) is 0 Å². The molecule has 2 heterocycles. The summed E-state index contributed by atoms with van der Waals surface area (Å²) < 4.78 is 5.79. The molecule has 1 aliphatic carbocycles. The molecule has 6 nitrogen and oxygen atoms in total. The Hall–Kier alpha value is -2.05. The third-order valence-corrected chi connectivity index (χ3v) is 6.81. The Morgan fingerprint density at radius 1 is 1.00 bits per heavy atom. The molecule has 7 heteroatoms. The predicted octanol–water partition coefficient (Wildman–Crippen LogP) is 3.36. The number of likely N-dealkylation sites (tertiary alicyclic amines) is 1. The molecule has 0 spiro atoms. The Kier molecular flexibility index (Phi) is 8.00. The molecule has 170 valence electrons. The lowest BCUT2D eigenvalue weighted by Gasteiger charge is -2.39. The molecule has 1 aromatic rings. The van der Waals surface area contributed by atoms with Crippen molar-refractivity contribution in [3.05, 3.63) is 36.4 Å². The molecule has 0 N–H and O–H groups in total. The molecule has 2 fully saturated rings.